The van der Waals surface area contributed by atoms with Crippen molar-refractivity contribution in [3.63, 3.8) is 0 Å². The lowest BCUT2D eigenvalue weighted by molar-refractivity contribution is 0.0583. The fraction of sp³-hybridized carbons (Fsp3) is 0.333. The molecular formula is C18H19FN2O3. The third kappa shape index (κ3) is 3.64. The van der Waals surface area contributed by atoms with Crippen molar-refractivity contribution < 1.29 is 18.7 Å². The summed E-state index contributed by atoms with van der Waals surface area (Å²) in [7, 11) is 1.55. The predicted molar refractivity (Wildman–Crippen MR) is 86.7 cm³/mol. The van der Waals surface area contributed by atoms with Crippen molar-refractivity contribution in [2.75, 3.05) is 20.2 Å². The minimum absolute atomic E-state index is 0.0933. The minimum atomic E-state index is -0.364. The van der Waals surface area contributed by atoms with Crippen molar-refractivity contribution in [3.05, 3.63) is 54.1 Å². The third-order valence-electron chi connectivity index (χ3n) is 4.05. The smallest absolute Gasteiger partial charge is 0.272 e. The highest BCUT2D eigenvalue weighted by Crippen LogP contribution is 2.22. The number of ether oxygens (including phenoxy) is 2. The molecule has 0 saturated carbocycles. The van der Waals surface area contributed by atoms with Crippen molar-refractivity contribution in [1.29, 1.82) is 0 Å². The molecule has 126 valence electrons. The summed E-state index contributed by atoms with van der Waals surface area (Å²) < 4.78 is 24.5. The van der Waals surface area contributed by atoms with Crippen LogP contribution >= 0.6 is 0 Å². The lowest BCUT2D eigenvalue weighted by atomic mass is 10.1. The maximum atomic E-state index is 13.6. The number of carbonyl (C=O) groups is 1. The van der Waals surface area contributed by atoms with E-state index < -0.39 is 0 Å². The molecule has 0 N–H and O–H groups in total. The Morgan fingerprint density at radius 3 is 2.71 bits per heavy atom. The van der Waals surface area contributed by atoms with Gasteiger partial charge in [-0.3, -0.25) is 9.78 Å². The number of piperidine rings is 1. The molecule has 0 radical (unpaired) electrons. The molecule has 1 amide bonds. The normalized spacial score (nSPS) is 15.2. The van der Waals surface area contributed by atoms with Crippen LogP contribution in [0.2, 0.25) is 0 Å². The average molecular weight is 330 g/mol. The maximum Gasteiger partial charge on any atom is 0.272 e. The number of amides is 1. The molecule has 0 aliphatic carbocycles. The lowest BCUT2D eigenvalue weighted by Gasteiger charge is -2.32. The molecule has 5 nitrogen and oxygen atoms in total. The highest BCUT2D eigenvalue weighted by Gasteiger charge is 2.26. The highest BCUT2D eigenvalue weighted by atomic mass is 19.1. The fourth-order valence-electron chi connectivity index (χ4n) is 2.71. The summed E-state index contributed by atoms with van der Waals surface area (Å²) in [5, 5.41) is 0. The standard InChI is InChI=1S/C18H19FN2O3/c1-23-14-6-9-20-16(12-14)18(22)21-10-7-13(8-11-21)24-17-5-3-2-4-15(17)19/h2-6,9,12-13H,7-8,10-11H2,1H3. The van der Waals surface area contributed by atoms with Gasteiger partial charge in [0.15, 0.2) is 11.6 Å². The number of carbonyl (C=O) groups excluding carboxylic acids is 1. The summed E-state index contributed by atoms with van der Waals surface area (Å²) in [6, 6.07) is 9.70. The Balaban J connectivity index is 1.58. The molecule has 0 atom stereocenters. The molecule has 1 aromatic heterocycles. The van der Waals surface area contributed by atoms with Crippen LogP contribution in [0.4, 0.5) is 4.39 Å². The SMILES string of the molecule is COc1ccnc(C(=O)N2CCC(Oc3ccccc3F)CC2)c1. The van der Waals surface area contributed by atoms with Crippen LogP contribution in [-0.2, 0) is 0 Å². The number of hydrogen-bond acceptors (Lipinski definition) is 4. The van der Waals surface area contributed by atoms with Gasteiger partial charge in [0.05, 0.1) is 7.11 Å². The quantitative estimate of drug-likeness (QED) is 0.865. The van der Waals surface area contributed by atoms with Gasteiger partial charge in [-0.2, -0.15) is 0 Å². The first-order valence-corrected chi connectivity index (χ1v) is 7.88. The van der Waals surface area contributed by atoms with E-state index in [1.165, 1.54) is 6.07 Å². The van der Waals surface area contributed by atoms with Gasteiger partial charge in [0, 0.05) is 38.2 Å². The number of benzene rings is 1. The Morgan fingerprint density at radius 1 is 1.25 bits per heavy atom. The first kappa shape index (κ1) is 16.2. The number of hydrogen-bond donors (Lipinski definition) is 0. The van der Waals surface area contributed by atoms with Crippen LogP contribution in [0.15, 0.2) is 42.6 Å². The van der Waals surface area contributed by atoms with Crippen LogP contribution in [0.5, 0.6) is 11.5 Å². The maximum absolute atomic E-state index is 13.6. The Bertz CT molecular complexity index is 715. The van der Waals surface area contributed by atoms with Crippen molar-refractivity contribution in [1.82, 2.24) is 9.88 Å². The van der Waals surface area contributed by atoms with Crippen LogP contribution < -0.4 is 9.47 Å². The van der Waals surface area contributed by atoms with Gasteiger partial charge in [0.1, 0.15) is 17.5 Å². The molecule has 2 heterocycles. The van der Waals surface area contributed by atoms with Gasteiger partial charge in [-0.1, -0.05) is 12.1 Å². The van der Waals surface area contributed by atoms with E-state index in [1.54, 1.807) is 48.5 Å². The van der Waals surface area contributed by atoms with E-state index in [0.717, 1.165) is 0 Å². The fourth-order valence-corrected chi connectivity index (χ4v) is 2.71. The molecule has 1 aromatic carbocycles. The zero-order valence-corrected chi connectivity index (χ0v) is 13.4. The number of rotatable bonds is 4. The Morgan fingerprint density at radius 2 is 2.00 bits per heavy atom. The second kappa shape index (κ2) is 7.29. The van der Waals surface area contributed by atoms with E-state index in [9.17, 15) is 9.18 Å². The number of likely N-dealkylation sites (tertiary alicyclic amines) is 1. The number of halogens is 1. The molecule has 3 rings (SSSR count). The van der Waals surface area contributed by atoms with E-state index in [2.05, 4.69) is 4.98 Å². The van der Waals surface area contributed by atoms with Gasteiger partial charge >= 0.3 is 0 Å². The predicted octanol–water partition coefficient (Wildman–Crippen LogP) is 2.91. The van der Waals surface area contributed by atoms with E-state index in [1.807, 2.05) is 0 Å². The Labute approximate surface area is 140 Å². The first-order valence-electron chi connectivity index (χ1n) is 7.88. The van der Waals surface area contributed by atoms with Crippen molar-refractivity contribution >= 4 is 5.91 Å². The van der Waals surface area contributed by atoms with Gasteiger partial charge < -0.3 is 14.4 Å². The molecule has 2 aromatic rings. The molecule has 0 spiro atoms. The Kier molecular flexibility index (Phi) is 4.93. The van der Waals surface area contributed by atoms with E-state index >= 15 is 0 Å². The molecule has 0 bridgehead atoms. The van der Waals surface area contributed by atoms with Crippen molar-refractivity contribution in [2.45, 2.75) is 18.9 Å². The Hall–Kier alpha value is -2.63. The first-order chi connectivity index (χ1) is 11.7. The molecule has 1 aliphatic rings. The average Bonchev–Trinajstić information content (AvgIpc) is 2.64. The van der Waals surface area contributed by atoms with Gasteiger partial charge in [-0.05, 0) is 18.2 Å². The van der Waals surface area contributed by atoms with Gasteiger partial charge in [-0.25, -0.2) is 4.39 Å². The van der Waals surface area contributed by atoms with E-state index in [4.69, 9.17) is 9.47 Å². The number of para-hydroxylation sites is 1. The molecule has 1 aliphatic heterocycles. The van der Waals surface area contributed by atoms with Crippen LogP contribution in [-0.4, -0.2) is 42.1 Å². The second-order valence-corrected chi connectivity index (χ2v) is 5.62. The number of nitrogens with zero attached hydrogens (tertiary/aromatic N) is 2. The summed E-state index contributed by atoms with van der Waals surface area (Å²) in [6.45, 7) is 1.10. The molecule has 24 heavy (non-hydrogen) atoms. The van der Waals surface area contributed by atoms with Crippen LogP contribution in [0, 0.1) is 5.82 Å². The zero-order chi connectivity index (χ0) is 16.9. The summed E-state index contributed by atoms with van der Waals surface area (Å²) >= 11 is 0. The van der Waals surface area contributed by atoms with E-state index in [0.29, 0.717) is 37.4 Å². The summed E-state index contributed by atoms with van der Waals surface area (Å²) in [4.78, 5) is 18.3. The number of pyridine rings is 1. The molecule has 1 fully saturated rings. The molecule has 0 unspecified atom stereocenters. The van der Waals surface area contributed by atoms with Gasteiger partial charge in [0.2, 0.25) is 0 Å². The van der Waals surface area contributed by atoms with Crippen LogP contribution in [0.25, 0.3) is 0 Å². The highest BCUT2D eigenvalue weighted by molar-refractivity contribution is 5.92. The monoisotopic (exact) mass is 330 g/mol. The van der Waals surface area contributed by atoms with Gasteiger partial charge in [-0.15, -0.1) is 0 Å². The summed E-state index contributed by atoms with van der Waals surface area (Å²) in [5.74, 6) is 0.373. The van der Waals surface area contributed by atoms with Crippen LogP contribution in [0.1, 0.15) is 23.3 Å². The second-order valence-electron chi connectivity index (χ2n) is 5.62. The van der Waals surface area contributed by atoms with Gasteiger partial charge in [0.25, 0.3) is 5.91 Å². The molecule has 1 saturated heterocycles. The molecule has 6 heteroatoms. The summed E-state index contributed by atoms with van der Waals surface area (Å²) in [6.07, 6.45) is 2.78. The van der Waals surface area contributed by atoms with Crippen molar-refractivity contribution in [2.24, 2.45) is 0 Å². The largest absolute Gasteiger partial charge is 0.497 e. The summed E-state index contributed by atoms with van der Waals surface area (Å²) in [5.41, 5.74) is 0.364. The zero-order valence-electron chi connectivity index (χ0n) is 13.4. The van der Waals surface area contributed by atoms with E-state index in [-0.39, 0.29) is 23.6 Å². The number of methoxy groups -OCH3 is 1. The minimum Gasteiger partial charge on any atom is -0.497 e. The number of aromatic nitrogens is 1. The van der Waals surface area contributed by atoms with Crippen LogP contribution in [0.3, 0.4) is 0 Å². The lowest BCUT2D eigenvalue weighted by Crippen LogP contribution is -2.42. The van der Waals surface area contributed by atoms with Crippen molar-refractivity contribution in [3.8, 4) is 11.5 Å². The molecular weight excluding hydrogens is 311 g/mol. The third-order valence-corrected chi connectivity index (χ3v) is 4.05. The topological polar surface area (TPSA) is 51.7 Å².